The zero-order valence-corrected chi connectivity index (χ0v) is 19.1. The molecule has 0 aromatic heterocycles. The summed E-state index contributed by atoms with van der Waals surface area (Å²) in [6, 6.07) is 15.9. The average molecular weight is 456 g/mol. The van der Waals surface area contributed by atoms with Crippen LogP contribution in [0.2, 0.25) is 0 Å². The van der Waals surface area contributed by atoms with E-state index >= 15 is 0 Å². The number of benzene rings is 2. The Morgan fingerprint density at radius 1 is 1.06 bits per heavy atom. The second-order valence-corrected chi connectivity index (χ2v) is 10.9. The van der Waals surface area contributed by atoms with Crippen LogP contribution < -0.4 is 0 Å². The summed E-state index contributed by atoms with van der Waals surface area (Å²) in [5.41, 5.74) is 1.78. The first-order valence-electron chi connectivity index (χ1n) is 11.2. The Kier molecular flexibility index (Phi) is 6.65. The minimum atomic E-state index is -3.33. The van der Waals surface area contributed by atoms with Crippen LogP contribution in [-0.2, 0) is 25.8 Å². The maximum atomic E-state index is 13.7. The average Bonchev–Trinajstić information content (AvgIpc) is 3.41. The minimum absolute atomic E-state index is 0.183. The molecule has 2 aromatic carbocycles. The first-order chi connectivity index (χ1) is 15.3. The summed E-state index contributed by atoms with van der Waals surface area (Å²) >= 11 is 0. The SMILES string of the molecule is CS(=O)(=O)c1ccc([C@H](CC2CCCC2)C(=O)N2C(=O)OC[C@H]2Cc2ccccc2)cc1. The molecule has 0 bridgehead atoms. The summed E-state index contributed by atoms with van der Waals surface area (Å²) in [6.45, 7) is 0.183. The molecule has 32 heavy (non-hydrogen) atoms. The Balaban J connectivity index is 1.61. The van der Waals surface area contributed by atoms with E-state index in [-0.39, 0.29) is 23.5 Å². The fourth-order valence-corrected chi connectivity index (χ4v) is 5.47. The van der Waals surface area contributed by atoms with E-state index in [9.17, 15) is 18.0 Å². The van der Waals surface area contributed by atoms with E-state index in [1.807, 2.05) is 30.3 Å². The zero-order valence-electron chi connectivity index (χ0n) is 18.3. The molecule has 2 atom stereocenters. The number of amides is 2. The van der Waals surface area contributed by atoms with Gasteiger partial charge in [-0.05, 0) is 42.0 Å². The van der Waals surface area contributed by atoms with Crippen LogP contribution in [0.3, 0.4) is 0 Å². The topological polar surface area (TPSA) is 80.8 Å². The van der Waals surface area contributed by atoms with Crippen molar-refractivity contribution in [3.8, 4) is 0 Å². The Hall–Kier alpha value is -2.67. The van der Waals surface area contributed by atoms with E-state index in [4.69, 9.17) is 4.74 Å². The molecule has 1 saturated heterocycles. The van der Waals surface area contributed by atoms with Crippen LogP contribution >= 0.6 is 0 Å². The van der Waals surface area contributed by atoms with Gasteiger partial charge in [-0.25, -0.2) is 18.1 Å². The number of ether oxygens (including phenoxy) is 1. The van der Waals surface area contributed by atoms with Gasteiger partial charge in [0.15, 0.2) is 9.84 Å². The smallest absolute Gasteiger partial charge is 0.417 e. The van der Waals surface area contributed by atoms with Crippen molar-refractivity contribution in [1.82, 2.24) is 4.90 Å². The number of imide groups is 1. The van der Waals surface area contributed by atoms with Gasteiger partial charge in [0.25, 0.3) is 0 Å². The molecule has 0 unspecified atom stereocenters. The van der Waals surface area contributed by atoms with Gasteiger partial charge in [-0.2, -0.15) is 0 Å². The summed E-state index contributed by atoms with van der Waals surface area (Å²) in [6.07, 6.45) is 6.21. The fraction of sp³-hybridized carbons (Fsp3) is 0.440. The van der Waals surface area contributed by atoms with Crippen LogP contribution in [0.15, 0.2) is 59.5 Å². The molecule has 2 fully saturated rings. The summed E-state index contributed by atoms with van der Waals surface area (Å²) in [7, 11) is -3.33. The van der Waals surface area contributed by atoms with Crippen LogP contribution in [0, 0.1) is 5.92 Å². The molecule has 0 spiro atoms. The van der Waals surface area contributed by atoms with E-state index in [0.29, 0.717) is 18.8 Å². The molecule has 2 aromatic rings. The van der Waals surface area contributed by atoms with Gasteiger partial charge in [0.1, 0.15) is 6.61 Å². The van der Waals surface area contributed by atoms with Crippen molar-refractivity contribution in [3.05, 3.63) is 65.7 Å². The van der Waals surface area contributed by atoms with Crippen LogP contribution in [0.5, 0.6) is 0 Å². The standard InChI is InChI=1S/C25H29NO5S/c1-32(29,30)22-13-11-20(12-14-22)23(16-19-9-5-6-10-19)24(27)26-21(17-31-25(26)28)15-18-7-3-2-4-8-18/h2-4,7-8,11-14,19,21,23H,5-6,9-10,15-17H2,1H3/t21-,23+/m1/s1. The van der Waals surface area contributed by atoms with E-state index in [0.717, 1.165) is 43.1 Å². The first-order valence-corrected chi connectivity index (χ1v) is 13.1. The maximum Gasteiger partial charge on any atom is 0.417 e. The fourth-order valence-electron chi connectivity index (χ4n) is 4.84. The van der Waals surface area contributed by atoms with E-state index in [1.165, 1.54) is 4.90 Å². The number of carbonyl (C=O) groups excluding carboxylic acids is 2. The van der Waals surface area contributed by atoms with Gasteiger partial charge in [-0.15, -0.1) is 0 Å². The van der Waals surface area contributed by atoms with Gasteiger partial charge in [-0.1, -0.05) is 68.1 Å². The monoisotopic (exact) mass is 455 g/mol. The summed E-state index contributed by atoms with van der Waals surface area (Å²) in [5, 5.41) is 0. The van der Waals surface area contributed by atoms with Gasteiger partial charge in [0.2, 0.25) is 5.91 Å². The van der Waals surface area contributed by atoms with Gasteiger partial charge >= 0.3 is 6.09 Å². The van der Waals surface area contributed by atoms with Gasteiger partial charge in [0.05, 0.1) is 16.9 Å². The number of hydrogen-bond donors (Lipinski definition) is 0. The third kappa shape index (κ3) is 5.04. The van der Waals surface area contributed by atoms with Crippen molar-refractivity contribution < 1.29 is 22.7 Å². The summed E-state index contributed by atoms with van der Waals surface area (Å²) in [5.74, 6) is -0.340. The molecule has 6 nitrogen and oxygen atoms in total. The summed E-state index contributed by atoms with van der Waals surface area (Å²) < 4.78 is 29.0. The molecular formula is C25H29NO5S. The number of nitrogens with zero attached hydrogens (tertiary/aromatic N) is 1. The quantitative estimate of drug-likeness (QED) is 0.620. The van der Waals surface area contributed by atoms with Gasteiger partial charge in [0, 0.05) is 6.26 Å². The van der Waals surface area contributed by atoms with Crippen molar-refractivity contribution in [2.75, 3.05) is 12.9 Å². The number of rotatable bonds is 7. The van der Waals surface area contributed by atoms with Crippen LogP contribution in [0.1, 0.15) is 49.1 Å². The van der Waals surface area contributed by atoms with Crippen molar-refractivity contribution >= 4 is 21.8 Å². The first kappa shape index (κ1) is 22.5. The second-order valence-electron chi connectivity index (χ2n) is 8.91. The Bertz CT molecular complexity index is 1060. The molecule has 1 aliphatic carbocycles. The van der Waals surface area contributed by atoms with Crippen LogP contribution in [-0.4, -0.2) is 44.2 Å². The zero-order chi connectivity index (χ0) is 22.7. The van der Waals surface area contributed by atoms with E-state index < -0.39 is 21.8 Å². The molecule has 2 aliphatic rings. The molecule has 7 heteroatoms. The highest BCUT2D eigenvalue weighted by Crippen LogP contribution is 2.36. The Morgan fingerprint density at radius 3 is 2.34 bits per heavy atom. The lowest BCUT2D eigenvalue weighted by Crippen LogP contribution is -2.43. The predicted molar refractivity (Wildman–Crippen MR) is 121 cm³/mol. The van der Waals surface area contributed by atoms with Crippen molar-refractivity contribution in [3.63, 3.8) is 0 Å². The number of carbonyl (C=O) groups is 2. The molecule has 1 aliphatic heterocycles. The maximum absolute atomic E-state index is 13.7. The molecule has 170 valence electrons. The molecule has 1 heterocycles. The molecule has 4 rings (SSSR count). The molecule has 1 saturated carbocycles. The lowest BCUT2D eigenvalue weighted by molar-refractivity contribution is -0.131. The van der Waals surface area contributed by atoms with Crippen LogP contribution in [0.4, 0.5) is 4.79 Å². The lowest BCUT2D eigenvalue weighted by atomic mass is 9.86. The number of hydrogen-bond acceptors (Lipinski definition) is 5. The highest BCUT2D eigenvalue weighted by atomic mass is 32.2. The Morgan fingerprint density at radius 2 is 1.72 bits per heavy atom. The summed E-state index contributed by atoms with van der Waals surface area (Å²) in [4.78, 5) is 27.8. The molecule has 0 N–H and O–H groups in total. The predicted octanol–water partition coefficient (Wildman–Crippen LogP) is 4.34. The third-order valence-corrected chi connectivity index (χ3v) is 7.69. The van der Waals surface area contributed by atoms with Crippen molar-refractivity contribution in [1.29, 1.82) is 0 Å². The molecule has 2 amide bonds. The number of sulfone groups is 1. The highest BCUT2D eigenvalue weighted by Gasteiger charge is 2.42. The van der Waals surface area contributed by atoms with Gasteiger partial charge in [-0.3, -0.25) is 4.79 Å². The second kappa shape index (κ2) is 9.45. The normalized spacial score (nSPS) is 20.3. The van der Waals surface area contributed by atoms with Crippen LogP contribution in [0.25, 0.3) is 0 Å². The van der Waals surface area contributed by atoms with Crippen molar-refractivity contribution in [2.24, 2.45) is 5.92 Å². The number of cyclic esters (lactones) is 1. The van der Waals surface area contributed by atoms with Crippen molar-refractivity contribution in [2.45, 2.75) is 55.4 Å². The molecular weight excluding hydrogens is 426 g/mol. The molecule has 0 radical (unpaired) electrons. The van der Waals surface area contributed by atoms with E-state index in [1.54, 1.807) is 24.3 Å². The van der Waals surface area contributed by atoms with Gasteiger partial charge < -0.3 is 4.74 Å². The largest absolute Gasteiger partial charge is 0.447 e. The third-order valence-electron chi connectivity index (χ3n) is 6.57. The Labute approximate surface area is 189 Å². The lowest BCUT2D eigenvalue weighted by Gasteiger charge is -2.27. The minimum Gasteiger partial charge on any atom is -0.447 e. The van der Waals surface area contributed by atoms with E-state index in [2.05, 4.69) is 0 Å². The highest BCUT2D eigenvalue weighted by molar-refractivity contribution is 7.90.